The number of carbonyl (C=O) groups is 2. The van der Waals surface area contributed by atoms with E-state index in [4.69, 9.17) is 27.9 Å². The maximum absolute atomic E-state index is 12.3. The molecule has 0 heterocycles. The first-order valence-corrected chi connectivity index (χ1v) is 7.64. The zero-order valence-corrected chi connectivity index (χ0v) is 13.6. The lowest BCUT2D eigenvalue weighted by Gasteiger charge is -2.09. The lowest BCUT2D eigenvalue weighted by molar-refractivity contribution is 0.0689. The smallest absolute Gasteiger partial charge is 0.345 e. The van der Waals surface area contributed by atoms with Crippen LogP contribution in [0.15, 0.2) is 54.6 Å². The molecular weight excluding hydrogens is 351 g/mol. The van der Waals surface area contributed by atoms with Gasteiger partial charge in [0.15, 0.2) is 0 Å². The molecule has 24 heavy (non-hydrogen) atoms. The van der Waals surface area contributed by atoms with Crippen molar-refractivity contribution in [2.24, 2.45) is 0 Å². The highest BCUT2D eigenvalue weighted by atomic mass is 35.5. The van der Waals surface area contributed by atoms with Crippen LogP contribution < -0.4 is 4.74 Å². The quantitative estimate of drug-likeness (QED) is 0.523. The van der Waals surface area contributed by atoms with Crippen LogP contribution in [0.1, 0.15) is 20.7 Å². The van der Waals surface area contributed by atoms with Crippen molar-refractivity contribution in [1.29, 1.82) is 0 Å². The second kappa shape index (κ2) is 6.51. The Kier molecular flexibility index (Phi) is 4.42. The molecule has 3 aromatic carbocycles. The first-order valence-electron chi connectivity index (χ1n) is 6.89. The Bertz CT molecular complexity index is 966. The lowest BCUT2D eigenvalue weighted by atomic mass is 10.0. The average molecular weight is 361 g/mol. The van der Waals surface area contributed by atoms with E-state index in [1.807, 2.05) is 0 Å². The highest BCUT2D eigenvalue weighted by Gasteiger charge is 2.16. The van der Waals surface area contributed by atoms with Crippen molar-refractivity contribution in [1.82, 2.24) is 0 Å². The van der Waals surface area contributed by atoms with Gasteiger partial charge in [0, 0.05) is 5.02 Å². The Morgan fingerprint density at radius 1 is 0.917 bits per heavy atom. The Labute approximate surface area is 147 Å². The van der Waals surface area contributed by atoms with Crippen LogP contribution in [0.2, 0.25) is 10.0 Å². The zero-order valence-electron chi connectivity index (χ0n) is 12.1. The lowest BCUT2D eigenvalue weighted by Crippen LogP contribution is -2.10. The van der Waals surface area contributed by atoms with Crippen molar-refractivity contribution in [3.8, 4) is 5.75 Å². The first-order chi connectivity index (χ1) is 11.5. The maximum atomic E-state index is 12.3. The number of carboxylic acid groups (broad SMARTS) is 1. The topological polar surface area (TPSA) is 63.6 Å². The fraction of sp³-hybridized carbons (Fsp3) is 0. The molecule has 3 aromatic rings. The molecule has 0 atom stereocenters. The maximum Gasteiger partial charge on any atom is 0.345 e. The van der Waals surface area contributed by atoms with Crippen LogP contribution in [0.3, 0.4) is 0 Å². The Morgan fingerprint density at radius 2 is 1.67 bits per heavy atom. The number of carbonyl (C=O) groups excluding carboxylic acids is 1. The Balaban J connectivity index is 2.00. The van der Waals surface area contributed by atoms with E-state index in [0.717, 1.165) is 0 Å². The Morgan fingerprint density at radius 3 is 2.38 bits per heavy atom. The molecule has 1 N–H and O–H groups in total. The zero-order chi connectivity index (χ0) is 17.3. The van der Waals surface area contributed by atoms with E-state index in [1.165, 1.54) is 24.3 Å². The van der Waals surface area contributed by atoms with E-state index in [9.17, 15) is 14.7 Å². The van der Waals surface area contributed by atoms with Crippen LogP contribution in [0.4, 0.5) is 0 Å². The van der Waals surface area contributed by atoms with E-state index in [1.54, 1.807) is 30.3 Å². The summed E-state index contributed by atoms with van der Waals surface area (Å²) in [6.07, 6.45) is 0. The van der Waals surface area contributed by atoms with Gasteiger partial charge in [-0.15, -0.1) is 0 Å². The molecule has 0 aliphatic carbocycles. The number of rotatable bonds is 3. The van der Waals surface area contributed by atoms with Gasteiger partial charge >= 0.3 is 11.9 Å². The van der Waals surface area contributed by atoms with Gasteiger partial charge in [-0.25, -0.2) is 9.59 Å². The van der Waals surface area contributed by atoms with Gasteiger partial charge < -0.3 is 9.84 Å². The van der Waals surface area contributed by atoms with E-state index in [2.05, 4.69) is 0 Å². The van der Waals surface area contributed by atoms with Gasteiger partial charge in [0.1, 0.15) is 5.75 Å². The third kappa shape index (κ3) is 3.20. The van der Waals surface area contributed by atoms with Crippen LogP contribution >= 0.6 is 23.2 Å². The molecule has 0 aliphatic heterocycles. The van der Waals surface area contributed by atoms with E-state index < -0.39 is 11.9 Å². The molecule has 120 valence electrons. The van der Waals surface area contributed by atoms with Gasteiger partial charge in [0.25, 0.3) is 0 Å². The molecule has 0 spiro atoms. The van der Waals surface area contributed by atoms with Gasteiger partial charge in [0.05, 0.1) is 16.1 Å². The van der Waals surface area contributed by atoms with Crippen LogP contribution in [0, 0.1) is 0 Å². The van der Waals surface area contributed by atoms with Gasteiger partial charge in [-0.05, 0) is 41.1 Å². The molecule has 0 saturated carbocycles. The van der Waals surface area contributed by atoms with Crippen LogP contribution in [-0.4, -0.2) is 17.0 Å². The molecule has 6 heteroatoms. The minimum Gasteiger partial charge on any atom is -0.478 e. The first kappa shape index (κ1) is 16.3. The molecule has 0 saturated heterocycles. The normalized spacial score (nSPS) is 10.6. The van der Waals surface area contributed by atoms with E-state index in [-0.39, 0.29) is 21.9 Å². The molecule has 0 amide bonds. The van der Waals surface area contributed by atoms with Crippen LogP contribution in [0.5, 0.6) is 5.75 Å². The summed E-state index contributed by atoms with van der Waals surface area (Å²) in [7, 11) is 0. The summed E-state index contributed by atoms with van der Waals surface area (Å²) >= 11 is 11.8. The fourth-order valence-electron chi connectivity index (χ4n) is 2.34. The van der Waals surface area contributed by atoms with Crippen molar-refractivity contribution in [2.45, 2.75) is 0 Å². The third-order valence-electron chi connectivity index (χ3n) is 3.43. The standard InChI is InChI=1S/C18H10Cl2O4/c19-11-5-6-14(16(20)8-11)18(23)24-12-7-10-3-1-2-4-13(10)15(9-12)17(21)22/h1-9H,(H,21,22). The second-order valence-electron chi connectivity index (χ2n) is 5.01. The summed E-state index contributed by atoms with van der Waals surface area (Å²) < 4.78 is 5.29. The molecule has 0 aliphatic rings. The summed E-state index contributed by atoms with van der Waals surface area (Å²) in [5.41, 5.74) is 0.198. The number of benzene rings is 3. The number of aromatic carboxylic acids is 1. The van der Waals surface area contributed by atoms with Crippen molar-refractivity contribution in [2.75, 3.05) is 0 Å². The summed E-state index contributed by atoms with van der Waals surface area (Å²) in [6.45, 7) is 0. The van der Waals surface area contributed by atoms with Gasteiger partial charge in [-0.2, -0.15) is 0 Å². The van der Waals surface area contributed by atoms with E-state index in [0.29, 0.717) is 15.8 Å². The molecular formula is C18H10Cl2O4. The molecule has 3 rings (SSSR count). The predicted octanol–water partition coefficient (Wildman–Crippen LogP) is 5.06. The number of carboxylic acids is 1. The summed E-state index contributed by atoms with van der Waals surface area (Å²) in [5, 5.41) is 11.1. The molecule has 0 fully saturated rings. The second-order valence-corrected chi connectivity index (χ2v) is 5.85. The molecule has 0 bridgehead atoms. The number of ether oxygens (including phenoxy) is 1. The number of esters is 1. The highest BCUT2D eigenvalue weighted by Crippen LogP contribution is 2.27. The number of halogens is 2. The van der Waals surface area contributed by atoms with Crippen LogP contribution in [-0.2, 0) is 0 Å². The van der Waals surface area contributed by atoms with Gasteiger partial charge in [-0.1, -0.05) is 47.5 Å². The van der Waals surface area contributed by atoms with Crippen molar-refractivity contribution < 1.29 is 19.4 Å². The van der Waals surface area contributed by atoms with Crippen molar-refractivity contribution >= 4 is 45.9 Å². The molecule has 0 aromatic heterocycles. The minimum atomic E-state index is -1.10. The monoisotopic (exact) mass is 360 g/mol. The van der Waals surface area contributed by atoms with Crippen molar-refractivity contribution in [3.63, 3.8) is 0 Å². The summed E-state index contributed by atoms with van der Waals surface area (Å²) in [4.78, 5) is 23.7. The molecule has 0 unspecified atom stereocenters. The highest BCUT2D eigenvalue weighted by molar-refractivity contribution is 6.36. The van der Waals surface area contributed by atoms with E-state index >= 15 is 0 Å². The van der Waals surface area contributed by atoms with Gasteiger partial charge in [0.2, 0.25) is 0 Å². The average Bonchev–Trinajstić information content (AvgIpc) is 2.53. The molecule has 4 nitrogen and oxygen atoms in total. The largest absolute Gasteiger partial charge is 0.478 e. The minimum absolute atomic E-state index is 0.0538. The summed E-state index contributed by atoms with van der Waals surface area (Å²) in [6, 6.07) is 14.3. The van der Waals surface area contributed by atoms with Crippen LogP contribution in [0.25, 0.3) is 10.8 Å². The number of hydrogen-bond donors (Lipinski definition) is 1. The SMILES string of the molecule is O=C(Oc1cc(C(=O)O)c2ccccc2c1)c1ccc(Cl)cc1Cl. The third-order valence-corrected chi connectivity index (χ3v) is 3.98. The number of hydrogen-bond acceptors (Lipinski definition) is 3. The predicted molar refractivity (Wildman–Crippen MR) is 92.3 cm³/mol. The van der Waals surface area contributed by atoms with Gasteiger partial charge in [-0.3, -0.25) is 0 Å². The fourth-order valence-corrected chi connectivity index (χ4v) is 2.82. The van der Waals surface area contributed by atoms with Crippen molar-refractivity contribution in [3.05, 3.63) is 75.8 Å². The molecule has 0 radical (unpaired) electrons. The summed E-state index contributed by atoms with van der Waals surface area (Å²) in [5.74, 6) is -1.67. The Hall–Kier alpha value is -2.56. The number of fused-ring (bicyclic) bond motifs is 1.